The topological polar surface area (TPSA) is 108 Å². The van der Waals surface area contributed by atoms with Crippen molar-refractivity contribution in [3.63, 3.8) is 0 Å². The molecule has 2 saturated heterocycles. The largest absolute Gasteiger partial charge is 0.487 e. The summed E-state index contributed by atoms with van der Waals surface area (Å²) in [7, 11) is 0. The van der Waals surface area contributed by atoms with Crippen LogP contribution in [0.4, 0.5) is 11.4 Å². The second-order valence-electron chi connectivity index (χ2n) is 10.4. The maximum absolute atomic E-state index is 12.3. The van der Waals surface area contributed by atoms with Crippen molar-refractivity contribution < 1.29 is 29.0 Å². The van der Waals surface area contributed by atoms with Gasteiger partial charge in [0.15, 0.2) is 5.75 Å². The Kier molecular flexibility index (Phi) is 6.95. The molecule has 35 heavy (non-hydrogen) atoms. The zero-order chi connectivity index (χ0) is 25.2. The highest BCUT2D eigenvalue weighted by Crippen LogP contribution is 2.44. The van der Waals surface area contributed by atoms with Gasteiger partial charge in [-0.3, -0.25) is 4.79 Å². The van der Waals surface area contributed by atoms with Crippen molar-refractivity contribution in [1.82, 2.24) is 5.32 Å². The number of para-hydroxylation sites is 1. The minimum Gasteiger partial charge on any atom is -0.487 e. The fourth-order valence-corrected chi connectivity index (χ4v) is 5.03. The number of benzene rings is 1. The molecule has 1 aromatic carbocycles. The molecule has 0 amide bonds. The number of allylic oxidation sites excluding steroid dienone is 1. The van der Waals surface area contributed by atoms with Gasteiger partial charge in [-0.05, 0) is 52.2 Å². The number of nitrogens with one attached hydrogen (secondary N) is 1. The van der Waals surface area contributed by atoms with E-state index in [1.807, 2.05) is 50.9 Å². The molecule has 1 atom stereocenters. The van der Waals surface area contributed by atoms with E-state index in [1.54, 1.807) is 0 Å². The molecular weight excluding hydrogens is 450 g/mol. The number of hydrogen-bond acceptors (Lipinski definition) is 9. The van der Waals surface area contributed by atoms with Crippen molar-refractivity contribution in [2.75, 3.05) is 36.0 Å². The fourth-order valence-electron chi connectivity index (χ4n) is 5.03. The van der Waals surface area contributed by atoms with Gasteiger partial charge in [0.2, 0.25) is 0 Å². The Balaban J connectivity index is 1.49. The average molecular weight is 484 g/mol. The maximum Gasteiger partial charge on any atom is 0.309 e. The van der Waals surface area contributed by atoms with Crippen molar-refractivity contribution in [2.45, 2.75) is 70.1 Å². The number of piperidine rings is 2. The minimum atomic E-state index is -1.10. The zero-order valence-corrected chi connectivity index (χ0v) is 20.6. The van der Waals surface area contributed by atoms with Crippen LogP contribution >= 0.6 is 0 Å². The van der Waals surface area contributed by atoms with E-state index in [-0.39, 0.29) is 12.5 Å². The molecule has 2 N–H and O–H groups in total. The third-order valence-electron chi connectivity index (χ3n) is 6.69. The summed E-state index contributed by atoms with van der Waals surface area (Å²) >= 11 is 0. The minimum absolute atomic E-state index is 0.0258. The molecule has 1 aromatic rings. The van der Waals surface area contributed by atoms with Gasteiger partial charge >= 0.3 is 5.97 Å². The van der Waals surface area contributed by atoms with Gasteiger partial charge in [-0.15, -0.1) is 0 Å². The first-order valence-electron chi connectivity index (χ1n) is 12.1. The number of hydrogen-bond donors (Lipinski definition) is 2. The second-order valence-corrected chi connectivity index (χ2v) is 10.4. The van der Waals surface area contributed by atoms with Gasteiger partial charge in [-0.25, -0.2) is 9.59 Å². The molecule has 0 spiro atoms. The van der Waals surface area contributed by atoms with E-state index in [9.17, 15) is 19.5 Å². The lowest BCUT2D eigenvalue weighted by Crippen LogP contribution is -2.48. The molecule has 3 heterocycles. The first-order chi connectivity index (χ1) is 16.6. The summed E-state index contributed by atoms with van der Waals surface area (Å²) in [6.07, 6.45) is 1.96. The highest BCUT2D eigenvalue weighted by atomic mass is 16.6. The van der Waals surface area contributed by atoms with Gasteiger partial charge in [0.05, 0.1) is 36.0 Å². The molecule has 0 aromatic heterocycles. The van der Waals surface area contributed by atoms with Crippen LogP contribution in [0.15, 0.2) is 29.6 Å². The van der Waals surface area contributed by atoms with Gasteiger partial charge in [-0.1, -0.05) is 6.07 Å². The molecule has 188 valence electrons. The number of fused-ring (bicyclic) bond motifs is 1. The van der Waals surface area contributed by atoms with E-state index >= 15 is 0 Å². The molecule has 0 radical (unpaired) electrons. The van der Waals surface area contributed by atoms with E-state index in [0.717, 1.165) is 17.1 Å². The smallest absolute Gasteiger partial charge is 0.309 e. The highest BCUT2D eigenvalue weighted by Gasteiger charge is 2.38. The number of carbonyl (C=O) groups excluding carboxylic acids is 3. The third-order valence-corrected chi connectivity index (χ3v) is 6.69. The molecule has 4 rings (SSSR count). The van der Waals surface area contributed by atoms with Crippen LogP contribution in [0.1, 0.15) is 52.9 Å². The Labute approximate surface area is 205 Å². The number of esters is 1. The SMILES string of the molecule is CC(C)(C)OC(=O)CC1(O)CCN(c2cccc3c2OCCN3[C@@H]2CCC(=C=O)NC2=C=O)CC1. The van der Waals surface area contributed by atoms with E-state index < -0.39 is 17.2 Å². The van der Waals surface area contributed by atoms with E-state index in [0.29, 0.717) is 63.3 Å². The predicted octanol–water partition coefficient (Wildman–Crippen LogP) is 2.13. The summed E-state index contributed by atoms with van der Waals surface area (Å²) in [5.41, 5.74) is 0.814. The third kappa shape index (κ3) is 5.54. The number of aliphatic hydroxyl groups is 1. The van der Waals surface area contributed by atoms with Crippen LogP contribution < -0.4 is 19.9 Å². The second kappa shape index (κ2) is 9.78. The van der Waals surface area contributed by atoms with Crippen LogP contribution in [-0.2, 0) is 19.1 Å². The monoisotopic (exact) mass is 483 g/mol. The van der Waals surface area contributed by atoms with Crippen LogP contribution in [-0.4, -0.2) is 66.4 Å². The number of nitrogens with zero attached hydrogens (tertiary/aromatic N) is 2. The Hall–Kier alpha value is -3.25. The molecular formula is C26H33N3O6. The van der Waals surface area contributed by atoms with Gasteiger partial charge < -0.3 is 29.7 Å². The van der Waals surface area contributed by atoms with Crippen LogP contribution in [0.25, 0.3) is 0 Å². The Morgan fingerprint density at radius 2 is 1.91 bits per heavy atom. The maximum atomic E-state index is 12.3. The highest BCUT2D eigenvalue weighted by molar-refractivity contribution is 5.76. The first-order valence-corrected chi connectivity index (χ1v) is 12.1. The van der Waals surface area contributed by atoms with Gasteiger partial charge in [0.1, 0.15) is 35.5 Å². The molecule has 3 aliphatic rings. The first kappa shape index (κ1) is 24.9. The molecule has 0 unspecified atom stereocenters. The van der Waals surface area contributed by atoms with Gasteiger partial charge in [-0.2, -0.15) is 0 Å². The Bertz CT molecular complexity index is 1070. The zero-order valence-electron chi connectivity index (χ0n) is 20.6. The summed E-state index contributed by atoms with van der Waals surface area (Å²) in [6, 6.07) is 5.68. The van der Waals surface area contributed by atoms with Gasteiger partial charge in [0.25, 0.3) is 0 Å². The van der Waals surface area contributed by atoms with Crippen LogP contribution in [0.5, 0.6) is 5.75 Å². The van der Waals surface area contributed by atoms with Crippen LogP contribution in [0.3, 0.4) is 0 Å². The average Bonchev–Trinajstić information content (AvgIpc) is 2.82. The van der Waals surface area contributed by atoms with E-state index in [1.165, 1.54) is 0 Å². The number of anilines is 2. The number of ether oxygens (including phenoxy) is 2. The molecule has 2 fully saturated rings. The van der Waals surface area contributed by atoms with Crippen molar-refractivity contribution in [3.05, 3.63) is 29.6 Å². The molecule has 0 saturated carbocycles. The van der Waals surface area contributed by atoms with Crippen molar-refractivity contribution in [3.8, 4) is 5.75 Å². The molecule has 0 bridgehead atoms. The fraction of sp³-hybridized carbons (Fsp3) is 0.577. The molecule has 9 heteroatoms. The number of rotatable bonds is 4. The lowest BCUT2D eigenvalue weighted by Gasteiger charge is -2.43. The van der Waals surface area contributed by atoms with E-state index in [4.69, 9.17) is 9.47 Å². The standard InChI is InChI=1S/C26H33N3O6/c1-25(2,3)35-23(32)15-26(33)9-11-28(12-10-26)21-5-4-6-22-24(21)34-14-13-29(22)20-8-7-18(16-30)27-19(20)17-31/h4-6,20,27,33H,7-15H2,1-3H3/t20-/m1/s1. The number of carbonyl (C=O) groups is 1. The quantitative estimate of drug-likeness (QED) is 0.492. The Morgan fingerprint density at radius 3 is 2.57 bits per heavy atom. The summed E-state index contributed by atoms with van der Waals surface area (Å²) in [5.74, 6) is 4.15. The normalized spacial score (nSPS) is 21.8. The summed E-state index contributed by atoms with van der Waals surface area (Å²) in [5, 5.41) is 13.9. The van der Waals surface area contributed by atoms with E-state index in [2.05, 4.69) is 15.1 Å². The van der Waals surface area contributed by atoms with Crippen LogP contribution in [0.2, 0.25) is 0 Å². The van der Waals surface area contributed by atoms with Crippen molar-refractivity contribution in [1.29, 1.82) is 0 Å². The predicted molar refractivity (Wildman–Crippen MR) is 131 cm³/mol. The van der Waals surface area contributed by atoms with Crippen molar-refractivity contribution in [2.24, 2.45) is 0 Å². The molecule has 9 nitrogen and oxygen atoms in total. The molecule has 3 aliphatic heterocycles. The van der Waals surface area contributed by atoms with Crippen LogP contribution in [0, 0.1) is 0 Å². The van der Waals surface area contributed by atoms with Gasteiger partial charge in [0, 0.05) is 19.5 Å². The summed E-state index contributed by atoms with van der Waals surface area (Å²) in [6.45, 7) is 7.63. The lowest BCUT2D eigenvalue weighted by atomic mass is 9.88. The summed E-state index contributed by atoms with van der Waals surface area (Å²) in [4.78, 5) is 39.2. The van der Waals surface area contributed by atoms with Crippen molar-refractivity contribution >= 4 is 29.2 Å². The summed E-state index contributed by atoms with van der Waals surface area (Å²) < 4.78 is 11.5. The lowest BCUT2D eigenvalue weighted by molar-refractivity contribution is -0.161. The molecule has 0 aliphatic carbocycles. The Morgan fingerprint density at radius 1 is 1.20 bits per heavy atom.